The van der Waals surface area contributed by atoms with Crippen molar-refractivity contribution in [3.63, 3.8) is 0 Å². The van der Waals surface area contributed by atoms with Crippen LogP contribution in [0.5, 0.6) is 5.75 Å². The van der Waals surface area contributed by atoms with Crippen molar-refractivity contribution < 1.29 is 28.8 Å². The van der Waals surface area contributed by atoms with E-state index in [1.807, 2.05) is 48.5 Å². The summed E-state index contributed by atoms with van der Waals surface area (Å²) in [6.07, 6.45) is 0. The van der Waals surface area contributed by atoms with E-state index in [4.69, 9.17) is 4.74 Å². The van der Waals surface area contributed by atoms with E-state index < -0.39 is 51.6 Å². The molecule has 3 aromatic carbocycles. The summed E-state index contributed by atoms with van der Waals surface area (Å²) >= 11 is 0. The zero-order valence-corrected chi connectivity index (χ0v) is 19.8. The second-order valence-electron chi connectivity index (χ2n) is 9.53. The van der Waals surface area contributed by atoms with Crippen LogP contribution in [0, 0.1) is 22.0 Å². The van der Waals surface area contributed by atoms with E-state index in [0.717, 1.165) is 29.0 Å². The number of carbonyl (C=O) groups excluding carboxylic acids is 4. The van der Waals surface area contributed by atoms with Crippen LogP contribution in [0.1, 0.15) is 42.0 Å². The number of ether oxygens (including phenoxy) is 1. The van der Waals surface area contributed by atoms with Gasteiger partial charge in [-0.3, -0.25) is 29.3 Å². The first-order valence-electron chi connectivity index (χ1n) is 11.7. The highest BCUT2D eigenvalue weighted by Crippen LogP contribution is 2.64. The number of carbonyl (C=O) groups is 4. The van der Waals surface area contributed by atoms with Gasteiger partial charge < -0.3 is 4.74 Å². The van der Waals surface area contributed by atoms with Crippen LogP contribution in [0.25, 0.3) is 0 Å². The van der Waals surface area contributed by atoms with Crippen LogP contribution in [-0.2, 0) is 24.6 Å². The highest BCUT2D eigenvalue weighted by atomic mass is 16.6. The fourth-order valence-corrected chi connectivity index (χ4v) is 6.65. The molecule has 7 rings (SSSR count). The Hall–Kier alpha value is -4.66. The molecule has 3 aliphatic carbocycles. The molecule has 1 heterocycles. The van der Waals surface area contributed by atoms with Crippen LogP contribution in [0.4, 0.5) is 11.4 Å². The van der Waals surface area contributed by atoms with E-state index in [0.29, 0.717) is 11.1 Å². The number of anilines is 1. The van der Waals surface area contributed by atoms with Gasteiger partial charge >= 0.3 is 11.7 Å². The summed E-state index contributed by atoms with van der Waals surface area (Å²) in [5, 5.41) is 11.7. The fourth-order valence-electron chi connectivity index (χ4n) is 6.65. The molecule has 2 atom stereocenters. The summed E-state index contributed by atoms with van der Waals surface area (Å²) in [4.78, 5) is 65.1. The molecule has 0 saturated carbocycles. The lowest BCUT2D eigenvalue weighted by Crippen LogP contribution is -2.57. The van der Waals surface area contributed by atoms with Crippen molar-refractivity contribution in [2.24, 2.45) is 11.8 Å². The van der Waals surface area contributed by atoms with Crippen LogP contribution in [-0.4, -0.2) is 28.5 Å². The molecule has 0 radical (unpaired) electrons. The van der Waals surface area contributed by atoms with Crippen molar-refractivity contribution in [3.05, 3.63) is 99.1 Å². The monoisotopic (exact) mass is 496 g/mol. The lowest BCUT2D eigenvalue weighted by molar-refractivity contribution is -0.385. The minimum Gasteiger partial charge on any atom is -0.419 e. The van der Waals surface area contributed by atoms with Gasteiger partial charge in [0.05, 0.1) is 27.9 Å². The smallest absolute Gasteiger partial charge is 0.313 e. The van der Waals surface area contributed by atoms with Gasteiger partial charge in [-0.1, -0.05) is 48.5 Å². The zero-order valence-electron chi connectivity index (χ0n) is 19.8. The Morgan fingerprint density at radius 1 is 0.919 bits per heavy atom. The van der Waals surface area contributed by atoms with E-state index in [1.165, 1.54) is 19.1 Å². The number of Topliss-reactive ketones (excluding diaryl/α,β-unsaturated/α-hetero) is 1. The van der Waals surface area contributed by atoms with Gasteiger partial charge in [0, 0.05) is 18.9 Å². The molecular formula is C28H20N2O7. The molecule has 2 bridgehead atoms. The maximum absolute atomic E-state index is 14.1. The van der Waals surface area contributed by atoms with Crippen LogP contribution < -0.4 is 9.64 Å². The normalized spacial score (nSPS) is 24.8. The molecule has 3 aromatic rings. The van der Waals surface area contributed by atoms with Crippen molar-refractivity contribution in [3.8, 4) is 5.75 Å². The average Bonchev–Trinajstić information content (AvgIpc) is 3.14. The highest BCUT2D eigenvalue weighted by Gasteiger charge is 2.70. The van der Waals surface area contributed by atoms with Crippen LogP contribution in [0.3, 0.4) is 0 Å². The van der Waals surface area contributed by atoms with Gasteiger partial charge in [-0.15, -0.1) is 0 Å². The molecule has 1 fully saturated rings. The Balaban J connectivity index is 1.57. The third-order valence-corrected chi connectivity index (χ3v) is 7.82. The lowest BCUT2D eigenvalue weighted by atomic mass is 9.46. The minimum absolute atomic E-state index is 0.0155. The number of nitrogens with zero attached hydrogens (tertiary/aromatic N) is 2. The Bertz CT molecular complexity index is 1530. The summed E-state index contributed by atoms with van der Waals surface area (Å²) < 4.78 is 4.94. The van der Waals surface area contributed by atoms with Gasteiger partial charge in [0.15, 0.2) is 0 Å². The number of rotatable bonds is 4. The quantitative estimate of drug-likeness (QED) is 0.177. The topological polar surface area (TPSA) is 124 Å². The third kappa shape index (κ3) is 2.79. The summed E-state index contributed by atoms with van der Waals surface area (Å²) in [7, 11) is 0. The summed E-state index contributed by atoms with van der Waals surface area (Å²) in [6, 6.07) is 18.4. The predicted molar refractivity (Wildman–Crippen MR) is 130 cm³/mol. The molecule has 0 aromatic heterocycles. The number of ketones is 1. The summed E-state index contributed by atoms with van der Waals surface area (Å²) in [6.45, 7) is 2.55. The first-order valence-corrected chi connectivity index (χ1v) is 11.7. The van der Waals surface area contributed by atoms with Crippen LogP contribution in [0.2, 0.25) is 0 Å². The Morgan fingerprint density at radius 2 is 1.51 bits per heavy atom. The van der Waals surface area contributed by atoms with Gasteiger partial charge in [0.1, 0.15) is 5.78 Å². The average molecular weight is 496 g/mol. The first kappa shape index (κ1) is 22.8. The number of imide groups is 1. The Kier molecular flexibility index (Phi) is 4.72. The summed E-state index contributed by atoms with van der Waals surface area (Å²) in [5.41, 5.74) is 1.15. The highest BCUT2D eigenvalue weighted by molar-refractivity contribution is 6.25. The fraction of sp³-hybridized carbons (Fsp3) is 0.214. The van der Waals surface area contributed by atoms with E-state index in [-0.39, 0.29) is 17.2 Å². The number of amides is 2. The Morgan fingerprint density at radius 3 is 2.05 bits per heavy atom. The standard InChI is InChI=1S/C28H20N2O7/c1-14(31)28-19-9-5-3-7-17(19)23(18-8-4-6-10-20(18)28)24-25(28)27(34)29(26(24)33)16-11-12-22(37-15(2)32)21(13-16)30(35)36/h3-13,23-25H,1-2H3/t23?,24-,25-,28?/m0/s1. The third-order valence-electron chi connectivity index (χ3n) is 7.82. The lowest BCUT2D eigenvalue weighted by Gasteiger charge is -2.52. The molecule has 4 aliphatic rings. The SMILES string of the molecule is CC(=O)Oc1ccc(N2C(=O)[C@@H]3[C@@H](C2=O)C2c4ccccc4C3(C(C)=O)c3ccccc32)cc1[N+](=O)[O-]. The maximum atomic E-state index is 14.1. The van der Waals surface area contributed by atoms with Crippen LogP contribution >= 0.6 is 0 Å². The van der Waals surface area contributed by atoms with Crippen molar-refractivity contribution in [1.29, 1.82) is 0 Å². The molecule has 184 valence electrons. The molecular weight excluding hydrogens is 476 g/mol. The summed E-state index contributed by atoms with van der Waals surface area (Å²) in [5.74, 6) is -4.70. The van der Waals surface area contributed by atoms with Gasteiger partial charge in [0.25, 0.3) is 0 Å². The van der Waals surface area contributed by atoms with E-state index >= 15 is 0 Å². The number of esters is 1. The largest absolute Gasteiger partial charge is 0.419 e. The Labute approximate surface area is 210 Å². The van der Waals surface area contributed by atoms with Crippen molar-refractivity contribution >= 4 is 34.9 Å². The minimum atomic E-state index is -1.36. The molecule has 0 N–H and O–H groups in total. The second kappa shape index (κ2) is 7.67. The number of hydrogen-bond acceptors (Lipinski definition) is 7. The van der Waals surface area contributed by atoms with E-state index in [2.05, 4.69) is 0 Å². The van der Waals surface area contributed by atoms with Gasteiger partial charge in [0.2, 0.25) is 17.6 Å². The first-order chi connectivity index (χ1) is 17.7. The van der Waals surface area contributed by atoms with Gasteiger partial charge in [-0.25, -0.2) is 4.90 Å². The van der Waals surface area contributed by atoms with Gasteiger partial charge in [-0.2, -0.15) is 0 Å². The molecule has 9 nitrogen and oxygen atoms in total. The van der Waals surface area contributed by atoms with Crippen molar-refractivity contribution in [2.45, 2.75) is 25.2 Å². The predicted octanol–water partition coefficient (Wildman–Crippen LogP) is 3.66. The number of nitro groups is 1. The molecule has 2 amide bonds. The maximum Gasteiger partial charge on any atom is 0.313 e. The number of benzene rings is 3. The molecule has 37 heavy (non-hydrogen) atoms. The van der Waals surface area contributed by atoms with Crippen LogP contribution in [0.15, 0.2) is 66.7 Å². The number of nitro benzene ring substituents is 1. The molecule has 1 aliphatic heterocycles. The molecule has 1 saturated heterocycles. The second-order valence-corrected chi connectivity index (χ2v) is 9.53. The molecule has 9 heteroatoms. The van der Waals surface area contributed by atoms with Crippen molar-refractivity contribution in [2.75, 3.05) is 4.90 Å². The number of hydrogen-bond donors (Lipinski definition) is 0. The molecule has 0 spiro atoms. The van der Waals surface area contributed by atoms with Crippen molar-refractivity contribution in [1.82, 2.24) is 0 Å². The zero-order chi connectivity index (χ0) is 26.2. The van der Waals surface area contributed by atoms with E-state index in [9.17, 15) is 29.3 Å². The van der Waals surface area contributed by atoms with E-state index in [1.54, 1.807) is 0 Å². The molecule has 0 unspecified atom stereocenters. The van der Waals surface area contributed by atoms with Gasteiger partial charge in [-0.05, 0) is 41.3 Å².